The van der Waals surface area contributed by atoms with E-state index in [-0.39, 0.29) is 10.6 Å². The fraction of sp³-hybridized carbons (Fsp3) is 0.0909. The molecule has 2 rings (SSSR count). The van der Waals surface area contributed by atoms with Crippen LogP contribution in [0.25, 0.3) is 10.9 Å². The number of hydrogen-bond donors (Lipinski definition) is 1. The van der Waals surface area contributed by atoms with Gasteiger partial charge in [0, 0.05) is 17.6 Å². The number of methoxy groups -OCH3 is 1. The maximum absolute atomic E-state index is 10.8. The molecule has 0 unspecified atom stereocenters. The summed E-state index contributed by atoms with van der Waals surface area (Å²) >= 11 is 5.97. The summed E-state index contributed by atoms with van der Waals surface area (Å²) < 4.78 is 5.04. The second kappa shape index (κ2) is 3.98. The van der Waals surface area contributed by atoms with Crippen LogP contribution in [0, 0.1) is 0 Å². The van der Waals surface area contributed by atoms with Crippen LogP contribution in [0.2, 0.25) is 5.02 Å². The predicted octanol–water partition coefficient (Wildman–Crippen LogP) is 2.59. The van der Waals surface area contributed by atoms with Crippen molar-refractivity contribution in [1.82, 2.24) is 4.98 Å². The molecule has 1 aromatic heterocycles. The number of carbonyl (C=O) groups is 1. The van der Waals surface area contributed by atoms with Crippen molar-refractivity contribution < 1.29 is 14.6 Å². The number of benzene rings is 1. The van der Waals surface area contributed by atoms with Crippen LogP contribution in [0.5, 0.6) is 5.75 Å². The molecule has 5 heteroatoms. The highest BCUT2D eigenvalue weighted by molar-refractivity contribution is 6.38. The molecule has 0 saturated carbocycles. The molecular formula is C11H8ClNO3. The van der Waals surface area contributed by atoms with Gasteiger partial charge in [0.2, 0.25) is 0 Å². The lowest BCUT2D eigenvalue weighted by Gasteiger charge is -2.05. The van der Waals surface area contributed by atoms with E-state index < -0.39 is 5.97 Å². The molecular weight excluding hydrogens is 230 g/mol. The third-order valence-electron chi connectivity index (χ3n) is 2.24. The lowest BCUT2D eigenvalue weighted by atomic mass is 10.1. The number of pyridine rings is 1. The van der Waals surface area contributed by atoms with E-state index in [0.29, 0.717) is 16.7 Å². The van der Waals surface area contributed by atoms with Gasteiger partial charge in [0.25, 0.3) is 0 Å². The highest BCUT2D eigenvalue weighted by Crippen LogP contribution is 2.28. The van der Waals surface area contributed by atoms with Gasteiger partial charge in [-0.1, -0.05) is 11.6 Å². The number of nitrogens with zero attached hydrogens (tertiary/aromatic N) is 1. The normalized spacial score (nSPS) is 10.4. The van der Waals surface area contributed by atoms with Gasteiger partial charge in [-0.2, -0.15) is 0 Å². The lowest BCUT2D eigenvalue weighted by Crippen LogP contribution is -1.99. The Labute approximate surface area is 96.4 Å². The third-order valence-corrected chi connectivity index (χ3v) is 2.65. The molecule has 4 nitrogen and oxygen atoms in total. The Morgan fingerprint density at radius 3 is 2.88 bits per heavy atom. The average Bonchev–Trinajstić information content (AvgIpc) is 2.28. The quantitative estimate of drug-likeness (QED) is 0.872. The van der Waals surface area contributed by atoms with Gasteiger partial charge in [-0.15, -0.1) is 0 Å². The average molecular weight is 238 g/mol. The smallest absolute Gasteiger partial charge is 0.338 e. The summed E-state index contributed by atoms with van der Waals surface area (Å²) in [6.45, 7) is 0. The highest BCUT2D eigenvalue weighted by Gasteiger charge is 2.12. The van der Waals surface area contributed by atoms with Crippen molar-refractivity contribution in [2.75, 3.05) is 7.11 Å². The number of aromatic carboxylic acids is 1. The first kappa shape index (κ1) is 10.7. The Balaban J connectivity index is 2.71. The minimum atomic E-state index is -1.09. The molecule has 16 heavy (non-hydrogen) atoms. The summed E-state index contributed by atoms with van der Waals surface area (Å²) in [6.07, 6.45) is 1.24. The highest BCUT2D eigenvalue weighted by atomic mass is 35.5. The molecule has 2 aromatic rings. The number of halogens is 1. The lowest BCUT2D eigenvalue weighted by molar-refractivity contribution is 0.0697. The van der Waals surface area contributed by atoms with Crippen LogP contribution < -0.4 is 4.74 Å². The number of hydrogen-bond acceptors (Lipinski definition) is 3. The van der Waals surface area contributed by atoms with E-state index in [9.17, 15) is 4.79 Å². The Morgan fingerprint density at radius 2 is 2.25 bits per heavy atom. The van der Waals surface area contributed by atoms with Crippen LogP contribution in [0.15, 0.2) is 24.4 Å². The maximum atomic E-state index is 10.8. The Morgan fingerprint density at radius 1 is 1.50 bits per heavy atom. The monoisotopic (exact) mass is 237 g/mol. The van der Waals surface area contributed by atoms with E-state index in [0.717, 1.165) is 0 Å². The first-order valence-corrected chi connectivity index (χ1v) is 4.87. The number of fused-ring (bicyclic) bond motifs is 1. The zero-order chi connectivity index (χ0) is 11.7. The van der Waals surface area contributed by atoms with Gasteiger partial charge in [0.05, 0.1) is 23.2 Å². The fourth-order valence-electron chi connectivity index (χ4n) is 1.42. The number of aromatic nitrogens is 1. The zero-order valence-electron chi connectivity index (χ0n) is 8.40. The summed E-state index contributed by atoms with van der Waals surface area (Å²) in [6, 6.07) is 5.10. The second-order valence-corrected chi connectivity index (χ2v) is 3.55. The zero-order valence-corrected chi connectivity index (χ0v) is 9.15. The van der Waals surface area contributed by atoms with Gasteiger partial charge in [0.15, 0.2) is 0 Å². The molecule has 1 N–H and O–H groups in total. The fourth-order valence-corrected chi connectivity index (χ4v) is 1.71. The van der Waals surface area contributed by atoms with E-state index in [1.54, 1.807) is 25.3 Å². The predicted molar refractivity (Wildman–Crippen MR) is 60.3 cm³/mol. The van der Waals surface area contributed by atoms with Crippen molar-refractivity contribution in [3.63, 3.8) is 0 Å². The molecule has 0 radical (unpaired) electrons. The van der Waals surface area contributed by atoms with Crippen molar-refractivity contribution in [2.45, 2.75) is 0 Å². The van der Waals surface area contributed by atoms with Crippen molar-refractivity contribution in [1.29, 1.82) is 0 Å². The number of ether oxygens (including phenoxy) is 1. The summed E-state index contributed by atoms with van der Waals surface area (Å²) in [4.78, 5) is 14.9. The number of carboxylic acids is 1. The molecule has 0 amide bonds. The molecule has 0 fully saturated rings. The summed E-state index contributed by atoms with van der Waals surface area (Å²) in [5, 5.41) is 9.67. The van der Waals surface area contributed by atoms with Gasteiger partial charge in [-0.25, -0.2) is 4.79 Å². The van der Waals surface area contributed by atoms with E-state index in [1.165, 1.54) is 6.20 Å². The van der Waals surface area contributed by atoms with Crippen LogP contribution in [-0.4, -0.2) is 23.2 Å². The summed E-state index contributed by atoms with van der Waals surface area (Å²) in [5.41, 5.74) is 0.605. The standard InChI is InChI=1S/C11H8ClNO3/c1-16-6-2-3-7-9(4-6)13-5-8(10(7)12)11(14)15/h2-5H,1H3,(H,14,15). The van der Waals surface area contributed by atoms with Gasteiger partial charge >= 0.3 is 5.97 Å². The first-order valence-electron chi connectivity index (χ1n) is 4.49. The SMILES string of the molecule is COc1ccc2c(Cl)c(C(=O)O)cnc2c1. The van der Waals surface area contributed by atoms with E-state index in [2.05, 4.69) is 4.98 Å². The molecule has 0 atom stereocenters. The molecule has 0 bridgehead atoms. The van der Waals surface area contributed by atoms with Crippen molar-refractivity contribution in [3.05, 3.63) is 35.0 Å². The number of rotatable bonds is 2. The van der Waals surface area contributed by atoms with Crippen LogP contribution in [0.3, 0.4) is 0 Å². The van der Waals surface area contributed by atoms with Gasteiger partial charge in [-0.3, -0.25) is 4.98 Å². The van der Waals surface area contributed by atoms with Gasteiger partial charge in [-0.05, 0) is 12.1 Å². The first-order chi connectivity index (χ1) is 7.63. The molecule has 82 valence electrons. The van der Waals surface area contributed by atoms with Gasteiger partial charge < -0.3 is 9.84 Å². The van der Waals surface area contributed by atoms with E-state index in [1.807, 2.05) is 0 Å². The minimum absolute atomic E-state index is 0.000617. The van der Waals surface area contributed by atoms with Crippen LogP contribution in [-0.2, 0) is 0 Å². The Hall–Kier alpha value is -1.81. The molecule has 0 spiro atoms. The number of carboxylic acid groups (broad SMARTS) is 1. The molecule has 1 heterocycles. The van der Waals surface area contributed by atoms with Crippen molar-refractivity contribution in [3.8, 4) is 5.75 Å². The van der Waals surface area contributed by atoms with Crippen molar-refractivity contribution in [2.24, 2.45) is 0 Å². The Bertz CT molecular complexity index is 568. The summed E-state index contributed by atoms with van der Waals surface area (Å²) in [7, 11) is 1.55. The second-order valence-electron chi connectivity index (χ2n) is 3.17. The van der Waals surface area contributed by atoms with Crippen LogP contribution in [0.1, 0.15) is 10.4 Å². The van der Waals surface area contributed by atoms with Crippen LogP contribution in [0.4, 0.5) is 0 Å². The van der Waals surface area contributed by atoms with Crippen molar-refractivity contribution >= 4 is 28.5 Å². The topological polar surface area (TPSA) is 59.4 Å². The van der Waals surface area contributed by atoms with Crippen LogP contribution >= 0.6 is 11.6 Å². The minimum Gasteiger partial charge on any atom is -0.497 e. The largest absolute Gasteiger partial charge is 0.497 e. The molecule has 0 aliphatic rings. The van der Waals surface area contributed by atoms with E-state index in [4.69, 9.17) is 21.4 Å². The third kappa shape index (κ3) is 1.67. The summed E-state index contributed by atoms with van der Waals surface area (Å²) in [5.74, 6) is -0.436. The molecule has 0 aliphatic carbocycles. The molecule has 0 saturated heterocycles. The van der Waals surface area contributed by atoms with E-state index >= 15 is 0 Å². The molecule has 0 aliphatic heterocycles. The maximum Gasteiger partial charge on any atom is 0.338 e. The Kier molecular flexibility index (Phi) is 2.66. The van der Waals surface area contributed by atoms with Gasteiger partial charge in [0.1, 0.15) is 5.75 Å². The molecule has 1 aromatic carbocycles.